The summed E-state index contributed by atoms with van der Waals surface area (Å²) in [6.07, 6.45) is 0.353. The number of benzene rings is 1. The van der Waals surface area contributed by atoms with Crippen molar-refractivity contribution in [2.75, 3.05) is 38.1 Å². The number of imide groups is 1. The molecule has 120 valence electrons. The molecule has 3 heterocycles. The maximum atomic E-state index is 12.1. The van der Waals surface area contributed by atoms with Gasteiger partial charge in [-0.25, -0.2) is 4.98 Å². The van der Waals surface area contributed by atoms with Crippen molar-refractivity contribution in [3.8, 4) is 0 Å². The van der Waals surface area contributed by atoms with E-state index in [-0.39, 0.29) is 17.9 Å². The predicted molar refractivity (Wildman–Crippen MR) is 88.7 cm³/mol. The van der Waals surface area contributed by atoms with Crippen LogP contribution in [-0.4, -0.2) is 61.0 Å². The van der Waals surface area contributed by atoms with Crippen LogP contribution in [0, 0.1) is 0 Å². The zero-order valence-corrected chi connectivity index (χ0v) is 13.8. The first-order chi connectivity index (χ1) is 11.1. The van der Waals surface area contributed by atoms with Gasteiger partial charge in [-0.15, -0.1) is 0 Å². The van der Waals surface area contributed by atoms with Gasteiger partial charge in [-0.1, -0.05) is 23.5 Å². The number of carbonyl (C=O) groups is 2. The zero-order chi connectivity index (χ0) is 16.0. The molecular weight excluding hydrogens is 312 g/mol. The highest BCUT2D eigenvalue weighted by Crippen LogP contribution is 2.28. The maximum Gasteiger partial charge on any atom is 0.287 e. The van der Waals surface area contributed by atoms with Gasteiger partial charge >= 0.3 is 0 Å². The van der Waals surface area contributed by atoms with Crippen molar-refractivity contribution in [3.05, 3.63) is 24.3 Å². The minimum atomic E-state index is -0.190. The summed E-state index contributed by atoms with van der Waals surface area (Å²) < 4.78 is 1.20. The first-order valence-electron chi connectivity index (χ1n) is 7.89. The number of para-hydroxylation sites is 1. The summed E-state index contributed by atoms with van der Waals surface area (Å²) in [6, 6.07) is 7.98. The zero-order valence-electron chi connectivity index (χ0n) is 13.0. The fourth-order valence-electron chi connectivity index (χ4n) is 3.40. The summed E-state index contributed by atoms with van der Waals surface area (Å²) in [4.78, 5) is 33.3. The Balaban J connectivity index is 1.45. The Morgan fingerprint density at radius 3 is 2.61 bits per heavy atom. The molecule has 0 aliphatic carbocycles. The molecule has 1 aromatic carbocycles. The minimum absolute atomic E-state index is 0.0292. The molecule has 1 atom stereocenters. The van der Waals surface area contributed by atoms with Crippen molar-refractivity contribution in [3.63, 3.8) is 0 Å². The topological polar surface area (TPSA) is 58.0 Å². The lowest BCUT2D eigenvalue weighted by Crippen LogP contribution is -3.19. The van der Waals surface area contributed by atoms with Crippen molar-refractivity contribution in [1.29, 1.82) is 0 Å². The number of piperazine rings is 1. The summed E-state index contributed by atoms with van der Waals surface area (Å²) in [5.41, 5.74) is 1.04. The number of anilines is 1. The number of nitrogens with zero attached hydrogens (tertiary/aromatic N) is 3. The van der Waals surface area contributed by atoms with Crippen LogP contribution in [0.4, 0.5) is 5.13 Å². The fraction of sp³-hybridized carbons (Fsp3) is 0.438. The summed E-state index contributed by atoms with van der Waals surface area (Å²) in [6.45, 7) is 3.48. The number of hydrogen-bond donors (Lipinski definition) is 1. The van der Waals surface area contributed by atoms with Gasteiger partial charge < -0.3 is 9.80 Å². The van der Waals surface area contributed by atoms with E-state index in [1.54, 1.807) is 18.4 Å². The highest BCUT2D eigenvalue weighted by Gasteiger charge is 2.44. The fourth-order valence-corrected chi connectivity index (χ4v) is 4.42. The van der Waals surface area contributed by atoms with E-state index in [2.05, 4.69) is 11.0 Å². The van der Waals surface area contributed by atoms with Crippen molar-refractivity contribution in [2.45, 2.75) is 12.5 Å². The lowest BCUT2D eigenvalue weighted by atomic mass is 10.2. The number of likely N-dealkylation sites (N-methyl/N-ethyl adjacent to an activating group) is 1. The van der Waals surface area contributed by atoms with Gasteiger partial charge in [0.2, 0.25) is 5.91 Å². The number of hydrogen-bond acceptors (Lipinski definition) is 5. The monoisotopic (exact) mass is 331 g/mol. The number of rotatable bonds is 2. The molecule has 2 fully saturated rings. The Kier molecular flexibility index (Phi) is 3.54. The predicted octanol–water partition coefficient (Wildman–Crippen LogP) is -0.241. The second kappa shape index (κ2) is 5.58. The number of thiazole rings is 1. The Morgan fingerprint density at radius 2 is 1.96 bits per heavy atom. The van der Waals surface area contributed by atoms with Gasteiger partial charge in [0.05, 0.1) is 42.8 Å². The maximum absolute atomic E-state index is 12.1. The molecule has 0 bridgehead atoms. The second-order valence-corrected chi connectivity index (χ2v) is 7.17. The number of fused-ring (bicyclic) bond motifs is 1. The van der Waals surface area contributed by atoms with E-state index in [0.29, 0.717) is 6.42 Å². The number of quaternary nitrogens is 1. The lowest BCUT2D eigenvalue weighted by Gasteiger charge is -2.34. The van der Waals surface area contributed by atoms with Gasteiger partial charge in [0.15, 0.2) is 11.2 Å². The smallest absolute Gasteiger partial charge is 0.287 e. The largest absolute Gasteiger partial charge is 0.337 e. The standard InChI is InChI=1S/C16H18N4O2S/c1-18-14(21)10-12(15(18)22)19-6-8-20(9-7-19)16-17-11-4-2-3-5-13(11)23-16/h2-5,12H,6-10H2,1H3/p+1. The van der Waals surface area contributed by atoms with E-state index in [1.165, 1.54) is 14.5 Å². The highest BCUT2D eigenvalue weighted by molar-refractivity contribution is 7.22. The van der Waals surface area contributed by atoms with E-state index >= 15 is 0 Å². The van der Waals surface area contributed by atoms with E-state index in [1.807, 2.05) is 18.2 Å². The Morgan fingerprint density at radius 1 is 1.22 bits per heavy atom. The van der Waals surface area contributed by atoms with Crippen LogP contribution in [0.2, 0.25) is 0 Å². The van der Waals surface area contributed by atoms with Crippen molar-refractivity contribution >= 4 is 38.5 Å². The third-order valence-corrected chi connectivity index (χ3v) is 5.93. The van der Waals surface area contributed by atoms with Crippen LogP contribution in [0.15, 0.2) is 24.3 Å². The van der Waals surface area contributed by atoms with Crippen LogP contribution in [-0.2, 0) is 9.59 Å². The van der Waals surface area contributed by atoms with Gasteiger partial charge in [-0.05, 0) is 12.1 Å². The molecule has 1 N–H and O–H groups in total. The van der Waals surface area contributed by atoms with E-state index in [9.17, 15) is 9.59 Å². The number of amides is 2. The van der Waals surface area contributed by atoms with Gasteiger partial charge in [-0.3, -0.25) is 14.5 Å². The van der Waals surface area contributed by atoms with Gasteiger partial charge in [0, 0.05) is 7.05 Å². The Bertz CT molecular complexity index is 733. The average molecular weight is 331 g/mol. The van der Waals surface area contributed by atoms with Crippen LogP contribution in [0.5, 0.6) is 0 Å². The molecular formula is C16H19N4O2S+. The lowest BCUT2D eigenvalue weighted by molar-refractivity contribution is -0.915. The van der Waals surface area contributed by atoms with Crippen LogP contribution < -0.4 is 9.80 Å². The van der Waals surface area contributed by atoms with Gasteiger partial charge in [-0.2, -0.15) is 0 Å². The Hall–Kier alpha value is -1.99. The van der Waals surface area contributed by atoms with Crippen molar-refractivity contribution in [1.82, 2.24) is 9.88 Å². The third kappa shape index (κ3) is 2.49. The highest BCUT2D eigenvalue weighted by atomic mass is 32.1. The molecule has 0 spiro atoms. The first kappa shape index (κ1) is 14.6. The Labute approximate surface area is 138 Å². The summed E-state index contributed by atoms with van der Waals surface area (Å²) in [5.74, 6) is -0.0838. The number of nitrogens with one attached hydrogen (secondary N) is 1. The molecule has 6 nitrogen and oxygen atoms in total. The van der Waals surface area contributed by atoms with E-state index < -0.39 is 0 Å². The van der Waals surface area contributed by atoms with Gasteiger partial charge in [0.1, 0.15) is 0 Å². The van der Waals surface area contributed by atoms with Crippen LogP contribution >= 0.6 is 11.3 Å². The van der Waals surface area contributed by atoms with Crippen LogP contribution in [0.3, 0.4) is 0 Å². The molecule has 1 aromatic heterocycles. The summed E-state index contributed by atoms with van der Waals surface area (Å²) in [5, 5.41) is 1.05. The second-order valence-electron chi connectivity index (χ2n) is 6.16. The molecule has 2 amide bonds. The molecule has 1 unspecified atom stereocenters. The van der Waals surface area contributed by atoms with Crippen LogP contribution in [0.25, 0.3) is 10.2 Å². The minimum Gasteiger partial charge on any atom is -0.337 e. The van der Waals surface area contributed by atoms with E-state index in [0.717, 1.165) is 36.8 Å². The number of likely N-dealkylation sites (tertiary alicyclic amines) is 1. The van der Waals surface area contributed by atoms with Crippen molar-refractivity contribution < 1.29 is 14.5 Å². The first-order valence-corrected chi connectivity index (χ1v) is 8.70. The summed E-state index contributed by atoms with van der Waals surface area (Å²) in [7, 11) is 1.58. The normalized spacial score (nSPS) is 23.3. The quantitative estimate of drug-likeness (QED) is 0.772. The molecule has 0 radical (unpaired) electrons. The summed E-state index contributed by atoms with van der Waals surface area (Å²) >= 11 is 1.71. The van der Waals surface area contributed by atoms with E-state index in [4.69, 9.17) is 4.98 Å². The molecule has 2 aliphatic rings. The SMILES string of the molecule is CN1C(=O)CC([NH+]2CCN(c3nc4ccccc4s3)CC2)C1=O. The number of carbonyl (C=O) groups excluding carboxylic acids is 2. The number of aromatic nitrogens is 1. The third-order valence-electron chi connectivity index (χ3n) is 4.83. The molecule has 2 aromatic rings. The van der Waals surface area contributed by atoms with Crippen molar-refractivity contribution in [2.24, 2.45) is 0 Å². The van der Waals surface area contributed by atoms with Gasteiger partial charge in [0.25, 0.3) is 5.91 Å². The molecule has 23 heavy (non-hydrogen) atoms. The molecule has 4 rings (SSSR count). The molecule has 2 aliphatic heterocycles. The molecule has 2 saturated heterocycles. The molecule has 7 heteroatoms. The molecule has 0 saturated carbocycles. The van der Waals surface area contributed by atoms with Crippen LogP contribution in [0.1, 0.15) is 6.42 Å². The average Bonchev–Trinajstić information content (AvgIpc) is 3.12.